The van der Waals surface area contributed by atoms with Crippen molar-refractivity contribution in [3.8, 4) is 0 Å². The molecule has 1 atom stereocenters. The van der Waals surface area contributed by atoms with E-state index in [1.54, 1.807) is 6.92 Å². The fourth-order valence-corrected chi connectivity index (χ4v) is 3.78. The van der Waals surface area contributed by atoms with Gasteiger partial charge in [0, 0.05) is 32.7 Å². The largest absolute Gasteiger partial charge is 0.528 e. The quantitative estimate of drug-likeness (QED) is 0.313. The van der Waals surface area contributed by atoms with E-state index in [1.165, 1.54) is 0 Å². The molecule has 0 aromatic rings. The van der Waals surface area contributed by atoms with Crippen molar-refractivity contribution in [3.63, 3.8) is 0 Å². The number of rotatable bonds is 12. The zero-order chi connectivity index (χ0) is 15.4. The van der Waals surface area contributed by atoms with E-state index in [-0.39, 0.29) is 12.2 Å². The van der Waals surface area contributed by atoms with Gasteiger partial charge < -0.3 is 22.8 Å². The van der Waals surface area contributed by atoms with E-state index in [2.05, 4.69) is 0 Å². The van der Waals surface area contributed by atoms with Crippen LogP contribution in [0.1, 0.15) is 47.5 Å². The van der Waals surface area contributed by atoms with E-state index in [0.717, 1.165) is 0 Å². The number of carbonyl (C=O) groups is 1. The molecule has 7 heteroatoms. The molecular formula is C13H28O6Si. The summed E-state index contributed by atoms with van der Waals surface area (Å²) in [4.78, 5) is 11.3. The smallest absolute Gasteiger partial charge is 0.436 e. The fourth-order valence-electron chi connectivity index (χ4n) is 1.57. The Hall–Kier alpha value is -0.473. The lowest BCUT2D eigenvalue weighted by Crippen LogP contribution is -2.51. The standard InChI is InChI=1S/C13H28O6Si/c1-6-12(14)19-13(7-2)15-11-20(16-8-3,17-9-4)18-10-5/h13H,6-11H2,1-5H3. The number of ether oxygens (including phenoxy) is 2. The summed E-state index contributed by atoms with van der Waals surface area (Å²) in [7, 11) is -2.85. The molecule has 6 nitrogen and oxygen atoms in total. The molecule has 0 bridgehead atoms. The Balaban J connectivity index is 4.57. The second-order valence-corrected chi connectivity index (χ2v) is 6.50. The van der Waals surface area contributed by atoms with Crippen LogP contribution in [0.15, 0.2) is 0 Å². The average molecular weight is 308 g/mol. The number of hydrogen-bond acceptors (Lipinski definition) is 6. The van der Waals surface area contributed by atoms with Crippen LogP contribution in [-0.2, 0) is 27.5 Å². The van der Waals surface area contributed by atoms with Crippen molar-refractivity contribution in [2.75, 3.05) is 26.1 Å². The van der Waals surface area contributed by atoms with Gasteiger partial charge in [0.1, 0.15) is 6.23 Å². The van der Waals surface area contributed by atoms with Gasteiger partial charge in [-0.1, -0.05) is 13.8 Å². The molecule has 0 amide bonds. The van der Waals surface area contributed by atoms with Crippen LogP contribution in [-0.4, -0.2) is 47.1 Å². The first-order valence-corrected chi connectivity index (χ1v) is 9.23. The minimum atomic E-state index is -2.85. The summed E-state index contributed by atoms with van der Waals surface area (Å²) < 4.78 is 27.8. The highest BCUT2D eigenvalue weighted by molar-refractivity contribution is 6.60. The van der Waals surface area contributed by atoms with Crippen molar-refractivity contribution in [2.24, 2.45) is 0 Å². The maximum Gasteiger partial charge on any atom is 0.528 e. The van der Waals surface area contributed by atoms with Crippen LogP contribution in [0.5, 0.6) is 0 Å². The van der Waals surface area contributed by atoms with E-state index in [1.807, 2.05) is 27.7 Å². The van der Waals surface area contributed by atoms with E-state index in [4.69, 9.17) is 22.8 Å². The number of carbonyl (C=O) groups excluding carboxylic acids is 1. The third-order valence-corrected chi connectivity index (χ3v) is 5.13. The average Bonchev–Trinajstić information content (AvgIpc) is 2.44. The highest BCUT2D eigenvalue weighted by atomic mass is 28.4. The molecule has 0 spiro atoms. The normalized spacial score (nSPS) is 13.2. The molecule has 0 fully saturated rings. The van der Waals surface area contributed by atoms with Gasteiger partial charge in [-0.05, 0) is 20.8 Å². The molecule has 0 saturated carbocycles. The first-order valence-electron chi connectivity index (χ1n) is 7.30. The Morgan fingerprint density at radius 1 is 0.950 bits per heavy atom. The molecule has 0 aliphatic heterocycles. The van der Waals surface area contributed by atoms with Crippen LogP contribution in [0.25, 0.3) is 0 Å². The zero-order valence-electron chi connectivity index (χ0n) is 13.3. The molecule has 1 unspecified atom stereocenters. The monoisotopic (exact) mass is 308 g/mol. The predicted octanol–water partition coefficient (Wildman–Crippen LogP) is 2.28. The van der Waals surface area contributed by atoms with Crippen LogP contribution in [0.4, 0.5) is 0 Å². The highest BCUT2D eigenvalue weighted by Crippen LogP contribution is 2.13. The Kier molecular flexibility index (Phi) is 10.9. The Labute approximate surface area is 123 Å². The van der Waals surface area contributed by atoms with Gasteiger partial charge in [0.25, 0.3) is 0 Å². The summed E-state index contributed by atoms with van der Waals surface area (Å²) in [6, 6.07) is 0. The lowest BCUT2D eigenvalue weighted by atomic mass is 10.4. The molecule has 0 radical (unpaired) electrons. The zero-order valence-corrected chi connectivity index (χ0v) is 14.3. The molecule has 0 aliphatic carbocycles. The molecule has 0 aliphatic rings. The summed E-state index contributed by atoms with van der Waals surface area (Å²) in [6.45, 7) is 10.7. The SMILES string of the molecule is CCO[Si](COC(CC)OC(=O)CC)(OCC)OCC. The van der Waals surface area contributed by atoms with Crippen molar-refractivity contribution < 1.29 is 27.5 Å². The van der Waals surface area contributed by atoms with Crippen LogP contribution in [0, 0.1) is 0 Å². The van der Waals surface area contributed by atoms with E-state index >= 15 is 0 Å². The summed E-state index contributed by atoms with van der Waals surface area (Å²) in [5.74, 6) is -0.284. The molecule has 120 valence electrons. The molecule has 0 aromatic carbocycles. The maximum atomic E-state index is 11.3. The summed E-state index contributed by atoms with van der Waals surface area (Å²) >= 11 is 0. The first kappa shape index (κ1) is 19.5. The van der Waals surface area contributed by atoms with E-state index in [0.29, 0.717) is 32.7 Å². The topological polar surface area (TPSA) is 63.2 Å². The van der Waals surface area contributed by atoms with Gasteiger partial charge in [0.15, 0.2) is 0 Å². The van der Waals surface area contributed by atoms with E-state index in [9.17, 15) is 4.79 Å². The summed E-state index contributed by atoms with van der Waals surface area (Å²) in [5, 5.41) is 0. The third-order valence-electron chi connectivity index (χ3n) is 2.42. The second-order valence-electron chi connectivity index (χ2n) is 3.97. The van der Waals surface area contributed by atoms with E-state index < -0.39 is 15.1 Å². The molecular weight excluding hydrogens is 280 g/mol. The first-order chi connectivity index (χ1) is 9.57. The van der Waals surface area contributed by atoms with Crippen LogP contribution >= 0.6 is 0 Å². The molecule has 0 saturated heterocycles. The van der Waals surface area contributed by atoms with Crippen molar-refractivity contribution in [2.45, 2.75) is 53.8 Å². The molecule has 0 rings (SSSR count). The Bertz CT molecular complexity index is 244. The minimum absolute atomic E-state index is 0.179. The lowest BCUT2D eigenvalue weighted by Gasteiger charge is -2.29. The number of esters is 1. The fraction of sp³-hybridized carbons (Fsp3) is 0.923. The van der Waals surface area contributed by atoms with Crippen molar-refractivity contribution in [1.82, 2.24) is 0 Å². The minimum Gasteiger partial charge on any atom is -0.436 e. The van der Waals surface area contributed by atoms with Crippen molar-refractivity contribution >= 4 is 14.8 Å². The Morgan fingerprint density at radius 3 is 1.80 bits per heavy atom. The van der Waals surface area contributed by atoms with Crippen LogP contribution in [0.3, 0.4) is 0 Å². The number of hydrogen-bond donors (Lipinski definition) is 0. The summed E-state index contributed by atoms with van der Waals surface area (Å²) in [5.41, 5.74) is 0. The van der Waals surface area contributed by atoms with Gasteiger partial charge >= 0.3 is 14.8 Å². The van der Waals surface area contributed by atoms with Crippen molar-refractivity contribution in [3.05, 3.63) is 0 Å². The highest BCUT2D eigenvalue weighted by Gasteiger charge is 2.42. The summed E-state index contributed by atoms with van der Waals surface area (Å²) in [6.07, 6.45) is 0.486. The third kappa shape index (κ3) is 7.35. The predicted molar refractivity (Wildman–Crippen MR) is 77.0 cm³/mol. The Morgan fingerprint density at radius 2 is 1.45 bits per heavy atom. The van der Waals surface area contributed by atoms with Gasteiger partial charge in [-0.25, -0.2) is 0 Å². The maximum absolute atomic E-state index is 11.3. The van der Waals surface area contributed by atoms with Crippen LogP contribution in [0.2, 0.25) is 0 Å². The van der Waals surface area contributed by atoms with Crippen LogP contribution < -0.4 is 0 Å². The van der Waals surface area contributed by atoms with Crippen molar-refractivity contribution in [1.29, 1.82) is 0 Å². The molecule has 20 heavy (non-hydrogen) atoms. The second kappa shape index (κ2) is 11.2. The van der Waals surface area contributed by atoms with Gasteiger partial charge in [-0.2, -0.15) is 0 Å². The molecule has 0 N–H and O–H groups in total. The van der Waals surface area contributed by atoms with Gasteiger partial charge in [0.05, 0.1) is 0 Å². The van der Waals surface area contributed by atoms with Gasteiger partial charge in [-0.3, -0.25) is 4.79 Å². The van der Waals surface area contributed by atoms with Gasteiger partial charge in [-0.15, -0.1) is 0 Å². The molecule has 0 heterocycles. The lowest BCUT2D eigenvalue weighted by molar-refractivity contribution is -0.178. The van der Waals surface area contributed by atoms with Gasteiger partial charge in [0.2, 0.25) is 6.29 Å². The molecule has 0 aromatic heterocycles.